The number of carbonyl (C=O) groups is 2. The Morgan fingerprint density at radius 2 is 1.92 bits per heavy atom. The third-order valence-corrected chi connectivity index (χ3v) is 5.41. The molecule has 0 unspecified atom stereocenters. The van der Waals surface area contributed by atoms with Gasteiger partial charge in [-0.15, -0.1) is 11.3 Å². The lowest BCUT2D eigenvalue weighted by atomic mass is 10.1. The highest BCUT2D eigenvalue weighted by Gasteiger charge is 2.25. The van der Waals surface area contributed by atoms with Crippen LogP contribution < -0.4 is 10.6 Å². The van der Waals surface area contributed by atoms with Crippen molar-refractivity contribution in [3.63, 3.8) is 0 Å². The van der Waals surface area contributed by atoms with Gasteiger partial charge in [0, 0.05) is 22.4 Å². The van der Waals surface area contributed by atoms with Crippen molar-refractivity contribution < 1.29 is 9.59 Å². The molecule has 0 atom stereocenters. The van der Waals surface area contributed by atoms with E-state index in [1.54, 1.807) is 41.0 Å². The van der Waals surface area contributed by atoms with E-state index in [1.165, 1.54) is 11.3 Å². The second-order valence-electron chi connectivity index (χ2n) is 5.80. The van der Waals surface area contributed by atoms with E-state index in [-0.39, 0.29) is 17.9 Å². The topological polar surface area (TPSA) is 71.1 Å². The molecule has 1 aliphatic rings. The minimum Gasteiger partial charge on any atom is -0.349 e. The van der Waals surface area contributed by atoms with E-state index in [9.17, 15) is 9.59 Å². The summed E-state index contributed by atoms with van der Waals surface area (Å²) in [5.74, 6) is -0.472. The maximum Gasteiger partial charge on any atom is 0.275 e. The van der Waals surface area contributed by atoms with Gasteiger partial charge in [0.25, 0.3) is 11.8 Å². The van der Waals surface area contributed by atoms with Gasteiger partial charge in [0.2, 0.25) is 0 Å². The minimum atomic E-state index is -0.315. The summed E-state index contributed by atoms with van der Waals surface area (Å²) in [6.07, 6.45) is 2.04. The largest absolute Gasteiger partial charge is 0.349 e. The van der Waals surface area contributed by atoms with Crippen molar-refractivity contribution in [1.82, 2.24) is 10.3 Å². The van der Waals surface area contributed by atoms with E-state index >= 15 is 0 Å². The smallest absolute Gasteiger partial charge is 0.275 e. The van der Waals surface area contributed by atoms with Crippen LogP contribution in [0.2, 0.25) is 0 Å². The van der Waals surface area contributed by atoms with Crippen LogP contribution in [-0.4, -0.2) is 22.8 Å². The average molecular weight is 369 g/mol. The molecule has 3 aromatic rings. The first kappa shape index (κ1) is 16.0. The van der Waals surface area contributed by atoms with E-state index in [0.717, 1.165) is 23.4 Å². The van der Waals surface area contributed by atoms with Crippen LogP contribution in [0.15, 0.2) is 46.5 Å². The number of thiophene rings is 1. The Morgan fingerprint density at radius 1 is 1.08 bits per heavy atom. The van der Waals surface area contributed by atoms with Gasteiger partial charge in [-0.25, -0.2) is 4.98 Å². The molecule has 1 saturated carbocycles. The second-order valence-corrected chi connectivity index (χ2v) is 7.44. The average Bonchev–Trinajstić information content (AvgIpc) is 3.09. The Labute approximate surface area is 152 Å². The molecule has 1 fully saturated rings. The summed E-state index contributed by atoms with van der Waals surface area (Å²) in [7, 11) is 0. The van der Waals surface area contributed by atoms with E-state index in [4.69, 9.17) is 0 Å². The van der Waals surface area contributed by atoms with Crippen LogP contribution in [-0.2, 0) is 0 Å². The van der Waals surface area contributed by atoms with Gasteiger partial charge in [0.15, 0.2) is 0 Å². The zero-order valence-corrected chi connectivity index (χ0v) is 14.8. The molecule has 0 radical (unpaired) electrons. The van der Waals surface area contributed by atoms with Gasteiger partial charge in [-0.1, -0.05) is 12.1 Å². The highest BCUT2D eigenvalue weighted by atomic mass is 32.1. The zero-order chi connectivity index (χ0) is 17.2. The normalized spacial score (nSPS) is 13.4. The molecule has 126 valence electrons. The van der Waals surface area contributed by atoms with Crippen molar-refractivity contribution in [2.75, 3.05) is 5.32 Å². The third-order valence-electron chi connectivity index (χ3n) is 3.84. The van der Waals surface area contributed by atoms with Gasteiger partial charge in [0.05, 0.1) is 11.3 Å². The summed E-state index contributed by atoms with van der Waals surface area (Å²) in [6, 6.07) is 9.26. The highest BCUT2D eigenvalue weighted by molar-refractivity contribution is 7.14. The molecule has 4 rings (SSSR count). The van der Waals surface area contributed by atoms with E-state index in [2.05, 4.69) is 15.6 Å². The van der Waals surface area contributed by atoms with Crippen molar-refractivity contribution in [3.05, 3.63) is 57.7 Å². The van der Waals surface area contributed by atoms with Crippen LogP contribution in [0.25, 0.3) is 10.6 Å². The monoisotopic (exact) mass is 369 g/mol. The Balaban J connectivity index is 1.52. The molecule has 7 heteroatoms. The van der Waals surface area contributed by atoms with E-state index in [0.29, 0.717) is 16.9 Å². The number of rotatable bonds is 5. The summed E-state index contributed by atoms with van der Waals surface area (Å²) in [5, 5.41) is 12.3. The third kappa shape index (κ3) is 3.62. The molecule has 1 aromatic carbocycles. The van der Waals surface area contributed by atoms with Crippen molar-refractivity contribution in [2.45, 2.75) is 18.9 Å². The number of thiazole rings is 1. The highest BCUT2D eigenvalue weighted by Crippen LogP contribution is 2.26. The summed E-state index contributed by atoms with van der Waals surface area (Å²) in [6.45, 7) is 0. The molecule has 0 spiro atoms. The first-order valence-electron chi connectivity index (χ1n) is 7.90. The van der Waals surface area contributed by atoms with Crippen molar-refractivity contribution in [1.29, 1.82) is 0 Å². The number of nitrogens with one attached hydrogen (secondary N) is 2. The first-order chi connectivity index (χ1) is 12.2. The molecule has 2 heterocycles. The fraction of sp³-hybridized carbons (Fsp3) is 0.167. The molecule has 2 N–H and O–H groups in total. The molecule has 2 aromatic heterocycles. The van der Waals surface area contributed by atoms with Gasteiger partial charge in [0.1, 0.15) is 10.7 Å². The maximum atomic E-state index is 12.5. The molecular weight excluding hydrogens is 354 g/mol. The van der Waals surface area contributed by atoms with Crippen LogP contribution in [0.4, 0.5) is 5.69 Å². The summed E-state index contributed by atoms with van der Waals surface area (Å²) >= 11 is 3.02. The predicted molar refractivity (Wildman–Crippen MR) is 100 cm³/mol. The standard InChI is InChI=1S/C18H15N3O2S2/c22-16(19-12-5-6-12)13-3-1-2-4-14(13)20-17(23)15-10-25-18(21-15)11-7-8-24-9-11/h1-4,7-10,12H,5-6H2,(H,19,22)(H,20,23). The SMILES string of the molecule is O=C(Nc1ccccc1C(=O)NC1CC1)c1csc(-c2ccsc2)n1. The number of nitrogens with zero attached hydrogens (tertiary/aromatic N) is 1. The van der Waals surface area contributed by atoms with Gasteiger partial charge >= 0.3 is 0 Å². The van der Waals surface area contributed by atoms with Crippen molar-refractivity contribution >= 4 is 40.2 Å². The number of aromatic nitrogens is 1. The summed E-state index contributed by atoms with van der Waals surface area (Å²) in [4.78, 5) is 29.2. The van der Waals surface area contributed by atoms with Crippen molar-refractivity contribution in [2.24, 2.45) is 0 Å². The summed E-state index contributed by atoms with van der Waals surface area (Å²) in [5.41, 5.74) is 2.33. The number of para-hydroxylation sites is 1. The fourth-order valence-electron chi connectivity index (χ4n) is 2.36. The van der Waals surface area contributed by atoms with Crippen LogP contribution in [0, 0.1) is 0 Å². The maximum absolute atomic E-state index is 12.5. The van der Waals surface area contributed by atoms with Crippen LogP contribution in [0.1, 0.15) is 33.7 Å². The number of amides is 2. The van der Waals surface area contributed by atoms with Crippen LogP contribution >= 0.6 is 22.7 Å². The van der Waals surface area contributed by atoms with Gasteiger partial charge in [-0.2, -0.15) is 11.3 Å². The Morgan fingerprint density at radius 3 is 2.68 bits per heavy atom. The first-order valence-corrected chi connectivity index (χ1v) is 9.72. The van der Waals surface area contributed by atoms with Crippen molar-refractivity contribution in [3.8, 4) is 10.6 Å². The lowest BCUT2D eigenvalue weighted by Crippen LogP contribution is -2.27. The van der Waals surface area contributed by atoms with Crippen LogP contribution in [0.3, 0.4) is 0 Å². The van der Waals surface area contributed by atoms with Gasteiger partial charge < -0.3 is 10.6 Å². The zero-order valence-electron chi connectivity index (χ0n) is 13.2. The minimum absolute atomic E-state index is 0.157. The lowest BCUT2D eigenvalue weighted by molar-refractivity contribution is 0.0952. The number of hydrogen-bond acceptors (Lipinski definition) is 5. The number of benzene rings is 1. The van der Waals surface area contributed by atoms with Crippen LogP contribution in [0.5, 0.6) is 0 Å². The quantitative estimate of drug-likeness (QED) is 0.714. The molecule has 25 heavy (non-hydrogen) atoms. The van der Waals surface area contributed by atoms with Gasteiger partial charge in [-0.05, 0) is 36.4 Å². The Bertz CT molecular complexity index is 914. The molecular formula is C18H15N3O2S2. The fourth-order valence-corrected chi connectivity index (χ4v) is 3.88. The molecule has 0 bridgehead atoms. The Kier molecular flexibility index (Phi) is 4.33. The second kappa shape index (κ2) is 6.78. The van der Waals surface area contributed by atoms with E-state index in [1.807, 2.05) is 16.8 Å². The molecule has 5 nitrogen and oxygen atoms in total. The molecule has 2 amide bonds. The van der Waals surface area contributed by atoms with E-state index < -0.39 is 0 Å². The summed E-state index contributed by atoms with van der Waals surface area (Å²) < 4.78 is 0. The molecule has 0 aliphatic heterocycles. The predicted octanol–water partition coefficient (Wildman–Crippen LogP) is 4.02. The van der Waals surface area contributed by atoms with Gasteiger partial charge in [-0.3, -0.25) is 9.59 Å². The number of carbonyl (C=O) groups excluding carboxylic acids is 2. The molecule has 1 aliphatic carbocycles. The number of hydrogen-bond donors (Lipinski definition) is 2. The number of anilines is 1. The Hall–Kier alpha value is -2.51. The molecule has 0 saturated heterocycles. The lowest BCUT2D eigenvalue weighted by Gasteiger charge is -2.10.